The standard InChI is InChI=1S/C25H31N5O5/c1-16-11-24(3,4)15-25(12-16)22(33)29(23(34)27-25)13-21(32)35-14-20(31)26-19-10-17(2)28-30(19)18-8-6-5-7-9-18/h5-10,16H,11-15H2,1-4H3,(H,26,31)(H,27,34)/t16-,25-/m1/s1. The molecule has 0 radical (unpaired) electrons. The number of nitrogens with zero attached hydrogens (tertiary/aromatic N) is 3. The van der Waals surface area contributed by atoms with Crippen LogP contribution in [-0.4, -0.2) is 57.2 Å². The number of hydrogen-bond acceptors (Lipinski definition) is 6. The number of para-hydroxylation sites is 1. The number of urea groups is 1. The Hall–Kier alpha value is -3.69. The maximum Gasteiger partial charge on any atom is 0.326 e. The third-order valence-corrected chi connectivity index (χ3v) is 6.38. The first kappa shape index (κ1) is 24.4. The summed E-state index contributed by atoms with van der Waals surface area (Å²) in [5, 5.41) is 9.88. The molecule has 4 amide bonds. The Morgan fingerprint density at radius 2 is 1.91 bits per heavy atom. The van der Waals surface area contributed by atoms with Crippen molar-refractivity contribution in [3.8, 4) is 5.69 Å². The highest BCUT2D eigenvalue weighted by atomic mass is 16.5. The second-order valence-corrected chi connectivity index (χ2v) is 10.4. The summed E-state index contributed by atoms with van der Waals surface area (Å²) in [4.78, 5) is 51.5. The van der Waals surface area contributed by atoms with Crippen molar-refractivity contribution in [2.24, 2.45) is 11.3 Å². The number of rotatable bonds is 6. The number of aromatic nitrogens is 2. The molecule has 186 valence electrons. The number of anilines is 1. The molecule has 1 saturated carbocycles. The van der Waals surface area contributed by atoms with Crippen molar-refractivity contribution in [2.45, 2.75) is 52.5 Å². The Labute approximate surface area is 204 Å². The monoisotopic (exact) mass is 481 g/mol. The van der Waals surface area contributed by atoms with E-state index in [4.69, 9.17) is 4.74 Å². The van der Waals surface area contributed by atoms with Crippen molar-refractivity contribution in [1.29, 1.82) is 0 Å². The van der Waals surface area contributed by atoms with Crippen molar-refractivity contribution in [1.82, 2.24) is 20.0 Å². The molecular weight excluding hydrogens is 450 g/mol. The van der Waals surface area contributed by atoms with Crippen LogP contribution in [0.4, 0.5) is 10.6 Å². The summed E-state index contributed by atoms with van der Waals surface area (Å²) in [5.41, 5.74) is 0.359. The summed E-state index contributed by atoms with van der Waals surface area (Å²) in [5.74, 6) is -1.12. The van der Waals surface area contributed by atoms with E-state index in [2.05, 4.69) is 36.5 Å². The van der Waals surface area contributed by atoms with Gasteiger partial charge in [0.25, 0.3) is 11.8 Å². The fourth-order valence-electron chi connectivity index (χ4n) is 5.50. The molecule has 10 heteroatoms. The number of nitrogens with one attached hydrogen (secondary N) is 2. The summed E-state index contributed by atoms with van der Waals surface area (Å²) in [6, 6.07) is 10.4. The Morgan fingerprint density at radius 1 is 1.20 bits per heavy atom. The van der Waals surface area contributed by atoms with Gasteiger partial charge < -0.3 is 15.4 Å². The van der Waals surface area contributed by atoms with E-state index in [1.54, 1.807) is 17.7 Å². The normalized spacial score (nSPS) is 23.3. The summed E-state index contributed by atoms with van der Waals surface area (Å²) < 4.78 is 6.65. The lowest BCUT2D eigenvalue weighted by atomic mass is 9.64. The third kappa shape index (κ3) is 5.21. The van der Waals surface area contributed by atoms with Crippen LogP contribution in [0.3, 0.4) is 0 Å². The van der Waals surface area contributed by atoms with Crippen LogP contribution in [0.1, 0.15) is 45.7 Å². The lowest BCUT2D eigenvalue weighted by molar-refractivity contribution is -0.150. The molecule has 4 rings (SSSR count). The van der Waals surface area contributed by atoms with Crippen molar-refractivity contribution >= 4 is 29.6 Å². The van der Waals surface area contributed by atoms with E-state index in [0.717, 1.165) is 17.0 Å². The summed E-state index contributed by atoms with van der Waals surface area (Å²) in [6.45, 7) is 6.90. The lowest BCUT2D eigenvalue weighted by Gasteiger charge is -2.43. The summed E-state index contributed by atoms with van der Waals surface area (Å²) in [6.07, 6.45) is 2.00. The summed E-state index contributed by atoms with van der Waals surface area (Å²) >= 11 is 0. The number of ether oxygens (including phenoxy) is 1. The van der Waals surface area contributed by atoms with Crippen LogP contribution >= 0.6 is 0 Å². The number of aryl methyl sites for hydroxylation is 1. The second kappa shape index (κ2) is 9.16. The number of carbonyl (C=O) groups is 4. The van der Waals surface area contributed by atoms with Gasteiger partial charge in [0.05, 0.1) is 11.4 Å². The molecular formula is C25H31N5O5. The van der Waals surface area contributed by atoms with Crippen molar-refractivity contribution < 1.29 is 23.9 Å². The molecule has 1 aromatic heterocycles. The smallest absolute Gasteiger partial charge is 0.326 e. The van der Waals surface area contributed by atoms with E-state index >= 15 is 0 Å². The molecule has 1 aromatic carbocycles. The molecule has 1 spiro atoms. The van der Waals surface area contributed by atoms with Crippen molar-refractivity contribution in [2.75, 3.05) is 18.5 Å². The molecule has 2 aromatic rings. The molecule has 2 N–H and O–H groups in total. The zero-order chi connectivity index (χ0) is 25.4. The van der Waals surface area contributed by atoms with Crippen LogP contribution in [0, 0.1) is 18.3 Å². The first-order valence-electron chi connectivity index (χ1n) is 11.7. The van der Waals surface area contributed by atoms with Gasteiger partial charge in [0, 0.05) is 6.07 Å². The third-order valence-electron chi connectivity index (χ3n) is 6.38. The largest absolute Gasteiger partial charge is 0.454 e. The predicted molar refractivity (Wildman–Crippen MR) is 128 cm³/mol. The highest BCUT2D eigenvalue weighted by Crippen LogP contribution is 2.46. The molecule has 1 aliphatic heterocycles. The van der Waals surface area contributed by atoms with E-state index in [9.17, 15) is 19.2 Å². The van der Waals surface area contributed by atoms with Crippen molar-refractivity contribution in [3.05, 3.63) is 42.1 Å². The van der Waals surface area contributed by atoms with Gasteiger partial charge in [-0.15, -0.1) is 0 Å². The van der Waals surface area contributed by atoms with E-state index < -0.39 is 42.5 Å². The molecule has 1 aliphatic carbocycles. The highest BCUT2D eigenvalue weighted by molar-refractivity contribution is 6.09. The van der Waals surface area contributed by atoms with Gasteiger partial charge in [-0.05, 0) is 49.7 Å². The van der Waals surface area contributed by atoms with E-state index in [-0.39, 0.29) is 11.3 Å². The highest BCUT2D eigenvalue weighted by Gasteiger charge is 2.56. The quantitative estimate of drug-likeness (QED) is 0.483. The van der Waals surface area contributed by atoms with E-state index in [1.807, 2.05) is 30.3 Å². The molecule has 2 heterocycles. The van der Waals surface area contributed by atoms with Gasteiger partial charge in [-0.3, -0.25) is 19.3 Å². The molecule has 2 aliphatic rings. The molecule has 10 nitrogen and oxygen atoms in total. The first-order chi connectivity index (χ1) is 16.5. The second-order valence-electron chi connectivity index (χ2n) is 10.4. The number of amides is 4. The van der Waals surface area contributed by atoms with Gasteiger partial charge in [0.2, 0.25) is 0 Å². The zero-order valence-electron chi connectivity index (χ0n) is 20.5. The molecule has 0 unspecified atom stereocenters. The van der Waals surface area contributed by atoms with Gasteiger partial charge in [0.15, 0.2) is 6.61 Å². The lowest BCUT2D eigenvalue weighted by Crippen LogP contribution is -2.54. The topological polar surface area (TPSA) is 123 Å². The molecule has 1 saturated heterocycles. The van der Waals surface area contributed by atoms with Crippen LogP contribution in [0.25, 0.3) is 5.69 Å². The number of esters is 1. The summed E-state index contributed by atoms with van der Waals surface area (Å²) in [7, 11) is 0. The maximum absolute atomic E-state index is 13.2. The van der Waals surface area contributed by atoms with E-state index in [1.165, 1.54) is 0 Å². The minimum absolute atomic E-state index is 0.111. The van der Waals surface area contributed by atoms with Gasteiger partial charge in [-0.2, -0.15) is 5.10 Å². The minimum atomic E-state index is -0.996. The average molecular weight is 482 g/mol. The Balaban J connectivity index is 1.34. The molecule has 2 fully saturated rings. The Bertz CT molecular complexity index is 1160. The van der Waals surface area contributed by atoms with Crippen molar-refractivity contribution in [3.63, 3.8) is 0 Å². The fraction of sp³-hybridized carbons (Fsp3) is 0.480. The van der Waals surface area contributed by atoms with Crippen LogP contribution in [0.2, 0.25) is 0 Å². The van der Waals surface area contributed by atoms with Gasteiger partial charge in [-0.25, -0.2) is 9.48 Å². The maximum atomic E-state index is 13.2. The van der Waals surface area contributed by atoms with Crippen LogP contribution < -0.4 is 10.6 Å². The first-order valence-corrected chi connectivity index (χ1v) is 11.7. The predicted octanol–water partition coefficient (Wildman–Crippen LogP) is 2.80. The van der Waals surface area contributed by atoms with Crippen LogP contribution in [-0.2, 0) is 19.1 Å². The Kier molecular flexibility index (Phi) is 6.40. The van der Waals surface area contributed by atoms with Gasteiger partial charge >= 0.3 is 12.0 Å². The number of imide groups is 1. The number of carbonyl (C=O) groups excluding carboxylic acids is 4. The molecule has 2 atom stereocenters. The number of benzene rings is 1. The van der Waals surface area contributed by atoms with E-state index in [0.29, 0.717) is 24.4 Å². The Morgan fingerprint density at radius 3 is 2.60 bits per heavy atom. The zero-order valence-corrected chi connectivity index (χ0v) is 20.5. The molecule has 35 heavy (non-hydrogen) atoms. The van der Waals surface area contributed by atoms with Gasteiger partial charge in [0.1, 0.15) is 17.9 Å². The average Bonchev–Trinajstić information content (AvgIpc) is 3.23. The minimum Gasteiger partial charge on any atom is -0.454 e. The van der Waals surface area contributed by atoms with Crippen LogP contribution in [0.5, 0.6) is 0 Å². The van der Waals surface area contributed by atoms with Crippen LogP contribution in [0.15, 0.2) is 36.4 Å². The van der Waals surface area contributed by atoms with Gasteiger partial charge in [-0.1, -0.05) is 39.0 Å². The number of hydrogen-bond donors (Lipinski definition) is 2. The molecule has 0 bridgehead atoms. The SMILES string of the molecule is Cc1cc(NC(=O)COC(=O)CN2C(=O)N[C@@]3(C[C@H](C)CC(C)(C)C3)C2=O)n(-c2ccccc2)n1. The fourth-order valence-corrected chi connectivity index (χ4v) is 5.50.